The highest BCUT2D eigenvalue weighted by molar-refractivity contribution is 6.33. The van der Waals surface area contributed by atoms with E-state index in [1.54, 1.807) is 0 Å². The zero-order valence-corrected chi connectivity index (χ0v) is 19.2. The van der Waals surface area contributed by atoms with Crippen LogP contribution in [0.2, 0.25) is 5.02 Å². The van der Waals surface area contributed by atoms with Gasteiger partial charge < -0.3 is 15.3 Å². The molecule has 1 aliphatic carbocycles. The van der Waals surface area contributed by atoms with Crippen LogP contribution in [-0.4, -0.2) is 35.3 Å². The number of hydrogen-bond donors (Lipinski definition) is 2. The molecule has 0 amide bonds. The molecule has 0 saturated heterocycles. The number of aromatic nitrogens is 2. The SMILES string of the molecule is CCc1nc(-c2ccc(N(C)C)cc2Cl)c(CC)nc1NC1c2ccccc2CC1O. The van der Waals surface area contributed by atoms with Crippen molar-refractivity contribution in [3.8, 4) is 11.3 Å². The minimum absolute atomic E-state index is 0.186. The molecule has 4 rings (SSSR count). The first kappa shape index (κ1) is 21.6. The van der Waals surface area contributed by atoms with Crippen LogP contribution in [0.4, 0.5) is 11.5 Å². The Morgan fingerprint density at radius 2 is 1.81 bits per heavy atom. The van der Waals surface area contributed by atoms with Gasteiger partial charge in [0.05, 0.1) is 34.3 Å². The number of nitrogens with one attached hydrogen (secondary N) is 1. The molecule has 2 aromatic carbocycles. The van der Waals surface area contributed by atoms with Gasteiger partial charge in [0.25, 0.3) is 0 Å². The fraction of sp³-hybridized carbons (Fsp3) is 0.360. The number of hydrogen-bond acceptors (Lipinski definition) is 5. The molecule has 1 aromatic heterocycles. The van der Waals surface area contributed by atoms with Gasteiger partial charge in [0.1, 0.15) is 5.82 Å². The van der Waals surface area contributed by atoms with Crippen molar-refractivity contribution in [2.45, 2.75) is 45.3 Å². The van der Waals surface area contributed by atoms with E-state index in [1.165, 1.54) is 5.56 Å². The maximum atomic E-state index is 10.7. The number of nitrogens with zero attached hydrogens (tertiary/aromatic N) is 3. The van der Waals surface area contributed by atoms with Gasteiger partial charge in [-0.2, -0.15) is 0 Å². The van der Waals surface area contributed by atoms with Crippen LogP contribution in [0.3, 0.4) is 0 Å². The van der Waals surface area contributed by atoms with Gasteiger partial charge in [-0.05, 0) is 42.2 Å². The molecule has 0 saturated carbocycles. The third-order valence-corrected chi connectivity index (χ3v) is 6.24. The fourth-order valence-electron chi connectivity index (χ4n) is 4.20. The minimum Gasteiger partial charge on any atom is -0.390 e. The Bertz CT molecular complexity index is 1100. The third kappa shape index (κ3) is 4.12. The normalized spacial score (nSPS) is 17.5. The van der Waals surface area contributed by atoms with Gasteiger partial charge in [-0.15, -0.1) is 0 Å². The highest BCUT2D eigenvalue weighted by Gasteiger charge is 2.31. The predicted molar refractivity (Wildman–Crippen MR) is 128 cm³/mol. The lowest BCUT2D eigenvalue weighted by molar-refractivity contribution is 0.165. The molecule has 162 valence electrons. The highest BCUT2D eigenvalue weighted by atomic mass is 35.5. The van der Waals surface area contributed by atoms with E-state index in [1.807, 2.05) is 49.3 Å². The van der Waals surface area contributed by atoms with Crippen LogP contribution in [0, 0.1) is 0 Å². The van der Waals surface area contributed by atoms with Gasteiger partial charge in [-0.1, -0.05) is 49.7 Å². The molecule has 5 nitrogen and oxygen atoms in total. The zero-order chi connectivity index (χ0) is 22.1. The predicted octanol–water partition coefficient (Wildman–Crippen LogP) is 5.06. The van der Waals surface area contributed by atoms with E-state index < -0.39 is 6.10 Å². The summed E-state index contributed by atoms with van der Waals surface area (Å²) in [4.78, 5) is 12.0. The number of rotatable bonds is 6. The quantitative estimate of drug-likeness (QED) is 0.565. The average Bonchev–Trinajstić information content (AvgIpc) is 3.08. The summed E-state index contributed by atoms with van der Waals surface area (Å²) in [5.41, 5.74) is 6.83. The number of aryl methyl sites for hydroxylation is 2. The minimum atomic E-state index is -0.485. The lowest BCUT2D eigenvalue weighted by Crippen LogP contribution is -2.23. The Kier molecular flexibility index (Phi) is 6.17. The van der Waals surface area contributed by atoms with E-state index in [-0.39, 0.29) is 6.04 Å². The summed E-state index contributed by atoms with van der Waals surface area (Å²) in [6.45, 7) is 4.14. The summed E-state index contributed by atoms with van der Waals surface area (Å²) in [6.07, 6.45) is 1.62. The first-order valence-corrected chi connectivity index (χ1v) is 11.2. The van der Waals surface area contributed by atoms with Crippen molar-refractivity contribution in [2.75, 3.05) is 24.3 Å². The second kappa shape index (κ2) is 8.85. The van der Waals surface area contributed by atoms with Gasteiger partial charge in [0.2, 0.25) is 0 Å². The molecule has 0 radical (unpaired) electrons. The second-order valence-corrected chi connectivity index (χ2v) is 8.58. The lowest BCUT2D eigenvalue weighted by atomic mass is 10.1. The topological polar surface area (TPSA) is 61.3 Å². The number of benzene rings is 2. The third-order valence-electron chi connectivity index (χ3n) is 5.93. The van der Waals surface area contributed by atoms with Crippen LogP contribution in [0.15, 0.2) is 42.5 Å². The van der Waals surface area contributed by atoms with E-state index in [2.05, 4.69) is 31.3 Å². The van der Waals surface area contributed by atoms with E-state index in [0.29, 0.717) is 11.4 Å². The average molecular weight is 437 g/mol. The Balaban J connectivity index is 1.74. The molecule has 2 N–H and O–H groups in total. The van der Waals surface area contributed by atoms with Crippen LogP contribution in [0.25, 0.3) is 11.3 Å². The van der Waals surface area contributed by atoms with Gasteiger partial charge in [0.15, 0.2) is 0 Å². The zero-order valence-electron chi connectivity index (χ0n) is 18.5. The van der Waals surface area contributed by atoms with Crippen LogP contribution in [-0.2, 0) is 19.3 Å². The lowest BCUT2D eigenvalue weighted by Gasteiger charge is -2.22. The smallest absolute Gasteiger partial charge is 0.148 e. The molecule has 0 fully saturated rings. The summed E-state index contributed by atoms with van der Waals surface area (Å²) in [5, 5.41) is 14.8. The number of anilines is 2. The standard InChI is InChI=1S/C25H29ClN4O/c1-5-20-23(18-12-11-16(30(3)4)14-19(18)26)27-21(6-2)25(28-20)29-24-17-10-8-7-9-15(17)13-22(24)31/h7-12,14,22,24,31H,5-6,13H2,1-4H3,(H,28,29). The highest BCUT2D eigenvalue weighted by Crippen LogP contribution is 2.36. The molecular weight excluding hydrogens is 408 g/mol. The van der Waals surface area contributed by atoms with E-state index in [4.69, 9.17) is 21.6 Å². The van der Waals surface area contributed by atoms with Crippen molar-refractivity contribution >= 4 is 23.1 Å². The van der Waals surface area contributed by atoms with Gasteiger partial charge in [0, 0.05) is 31.8 Å². The Labute approximate surface area is 189 Å². The van der Waals surface area contributed by atoms with Crippen molar-refractivity contribution in [1.29, 1.82) is 0 Å². The van der Waals surface area contributed by atoms with Crippen LogP contribution in [0.1, 0.15) is 42.4 Å². The number of halogens is 1. The first-order chi connectivity index (χ1) is 14.9. The molecule has 1 aliphatic rings. The van der Waals surface area contributed by atoms with Gasteiger partial charge >= 0.3 is 0 Å². The van der Waals surface area contributed by atoms with Crippen molar-refractivity contribution in [2.24, 2.45) is 0 Å². The van der Waals surface area contributed by atoms with Crippen LogP contribution >= 0.6 is 11.6 Å². The van der Waals surface area contributed by atoms with Gasteiger partial charge in [-0.25, -0.2) is 9.97 Å². The fourth-order valence-corrected chi connectivity index (χ4v) is 4.46. The Hall–Kier alpha value is -2.63. The number of aliphatic hydroxyl groups excluding tert-OH is 1. The molecule has 31 heavy (non-hydrogen) atoms. The summed E-state index contributed by atoms with van der Waals surface area (Å²) in [6, 6.07) is 14.0. The largest absolute Gasteiger partial charge is 0.390 e. The molecule has 0 spiro atoms. The van der Waals surface area contributed by atoms with Gasteiger partial charge in [-0.3, -0.25) is 0 Å². The molecule has 6 heteroatoms. The van der Waals surface area contributed by atoms with E-state index in [9.17, 15) is 5.11 Å². The maximum absolute atomic E-state index is 10.7. The van der Waals surface area contributed by atoms with E-state index in [0.717, 1.165) is 52.6 Å². The molecule has 2 unspecified atom stereocenters. The van der Waals surface area contributed by atoms with Crippen LogP contribution in [0.5, 0.6) is 0 Å². The number of aliphatic hydroxyl groups is 1. The summed E-state index contributed by atoms with van der Waals surface area (Å²) >= 11 is 6.64. The Morgan fingerprint density at radius 3 is 2.48 bits per heavy atom. The summed E-state index contributed by atoms with van der Waals surface area (Å²) in [7, 11) is 3.99. The molecule has 0 bridgehead atoms. The molecular formula is C25H29ClN4O. The molecule has 1 heterocycles. The second-order valence-electron chi connectivity index (χ2n) is 8.17. The van der Waals surface area contributed by atoms with Crippen molar-refractivity contribution < 1.29 is 5.11 Å². The summed E-state index contributed by atoms with van der Waals surface area (Å²) in [5.74, 6) is 0.741. The summed E-state index contributed by atoms with van der Waals surface area (Å²) < 4.78 is 0. The number of fused-ring (bicyclic) bond motifs is 1. The molecule has 0 aliphatic heterocycles. The van der Waals surface area contributed by atoms with E-state index >= 15 is 0 Å². The van der Waals surface area contributed by atoms with Crippen molar-refractivity contribution in [1.82, 2.24) is 9.97 Å². The molecule has 2 atom stereocenters. The molecule has 3 aromatic rings. The van der Waals surface area contributed by atoms with Crippen LogP contribution < -0.4 is 10.2 Å². The monoisotopic (exact) mass is 436 g/mol. The van der Waals surface area contributed by atoms with Crippen molar-refractivity contribution in [3.05, 3.63) is 70.0 Å². The maximum Gasteiger partial charge on any atom is 0.148 e. The Morgan fingerprint density at radius 1 is 1.06 bits per heavy atom. The van der Waals surface area contributed by atoms with Crippen molar-refractivity contribution in [3.63, 3.8) is 0 Å². The first-order valence-electron chi connectivity index (χ1n) is 10.8.